The van der Waals surface area contributed by atoms with E-state index < -0.39 is 0 Å². The molecule has 36 heavy (non-hydrogen) atoms. The van der Waals surface area contributed by atoms with E-state index in [9.17, 15) is 0 Å². The van der Waals surface area contributed by atoms with Crippen molar-refractivity contribution < 1.29 is 9.47 Å². The molecule has 3 aliphatic rings. The van der Waals surface area contributed by atoms with Gasteiger partial charge in [0.25, 0.3) is 0 Å². The summed E-state index contributed by atoms with van der Waals surface area (Å²) in [4.78, 5) is 21.3. The van der Waals surface area contributed by atoms with Crippen molar-refractivity contribution in [3.63, 3.8) is 0 Å². The van der Waals surface area contributed by atoms with Crippen LogP contribution in [0.4, 0.5) is 11.5 Å². The Morgan fingerprint density at radius 2 is 1.83 bits per heavy atom. The highest BCUT2D eigenvalue weighted by Crippen LogP contribution is 2.32. The number of morpholine rings is 1. The molecule has 9 heteroatoms. The van der Waals surface area contributed by atoms with Gasteiger partial charge in [-0.3, -0.25) is 9.88 Å². The molecule has 0 aliphatic carbocycles. The maximum absolute atomic E-state index is 6.39. The average molecular weight is 490 g/mol. The molecule has 2 aromatic heterocycles. The fourth-order valence-electron chi connectivity index (χ4n) is 5.75. The molecule has 0 saturated carbocycles. The van der Waals surface area contributed by atoms with Gasteiger partial charge in [-0.25, -0.2) is 9.97 Å². The Morgan fingerprint density at radius 3 is 2.67 bits per heavy atom. The minimum absolute atomic E-state index is 0.141. The Morgan fingerprint density at radius 1 is 1.00 bits per heavy atom. The van der Waals surface area contributed by atoms with Gasteiger partial charge in [0.15, 0.2) is 0 Å². The Hall–Kier alpha value is -3.01. The molecule has 5 heterocycles. The number of methoxy groups -OCH3 is 1. The minimum Gasteiger partial charge on any atom is -0.494 e. The van der Waals surface area contributed by atoms with E-state index in [0.29, 0.717) is 0 Å². The second-order valence-corrected chi connectivity index (χ2v) is 10.0. The summed E-state index contributed by atoms with van der Waals surface area (Å²) >= 11 is 0. The lowest BCUT2D eigenvalue weighted by Crippen LogP contribution is -2.54. The number of rotatable bonds is 5. The van der Waals surface area contributed by atoms with E-state index in [1.54, 1.807) is 19.5 Å². The number of anilines is 2. The summed E-state index contributed by atoms with van der Waals surface area (Å²) in [6.07, 6.45) is 6.91. The monoisotopic (exact) mass is 489 g/mol. The third-order valence-corrected chi connectivity index (χ3v) is 7.57. The van der Waals surface area contributed by atoms with Gasteiger partial charge in [0.1, 0.15) is 22.6 Å². The number of ether oxygens (including phenoxy) is 2. The third kappa shape index (κ3) is 4.70. The number of aromatic nitrogens is 3. The molecule has 0 bridgehead atoms. The van der Waals surface area contributed by atoms with Crippen molar-refractivity contribution >= 4 is 22.5 Å². The van der Waals surface area contributed by atoms with Crippen LogP contribution in [0.2, 0.25) is 0 Å². The summed E-state index contributed by atoms with van der Waals surface area (Å²) in [6.45, 7) is 10.8. The van der Waals surface area contributed by atoms with Crippen molar-refractivity contribution in [1.29, 1.82) is 0 Å². The Kier molecular flexibility index (Phi) is 6.60. The highest BCUT2D eigenvalue weighted by Gasteiger charge is 2.30. The van der Waals surface area contributed by atoms with Crippen molar-refractivity contribution in [2.45, 2.75) is 32.1 Å². The van der Waals surface area contributed by atoms with Gasteiger partial charge < -0.3 is 24.6 Å². The van der Waals surface area contributed by atoms with E-state index in [2.05, 4.69) is 55.2 Å². The molecule has 1 aromatic carbocycles. The predicted octanol–water partition coefficient (Wildman–Crippen LogP) is 2.10. The van der Waals surface area contributed by atoms with Crippen molar-refractivity contribution in [1.82, 2.24) is 25.2 Å². The van der Waals surface area contributed by atoms with Crippen LogP contribution in [0.15, 0.2) is 36.8 Å². The standard InChI is InChI=1S/C27H35N7O2/c1-19-16-34(23-3-4-24(35-2)27-26(23)29-7-8-30-27)18-22(36-19)17-32-9-11-33(12-10-32)25-13-21-14-28-6-5-20(21)15-31-25/h3-4,7-8,13,15,19,22,28H,5-6,9-12,14,16-18H2,1-2H3/t19-,22?/m1/s1. The van der Waals surface area contributed by atoms with Crippen molar-refractivity contribution in [3.05, 3.63) is 47.9 Å². The number of piperazine rings is 1. The molecule has 0 radical (unpaired) electrons. The lowest BCUT2D eigenvalue weighted by molar-refractivity contribution is -0.0327. The van der Waals surface area contributed by atoms with E-state index in [-0.39, 0.29) is 12.2 Å². The fourth-order valence-corrected chi connectivity index (χ4v) is 5.75. The molecule has 0 spiro atoms. The minimum atomic E-state index is 0.141. The Labute approximate surface area is 212 Å². The number of benzene rings is 1. The molecule has 1 N–H and O–H groups in total. The van der Waals surface area contributed by atoms with Crippen LogP contribution in [-0.4, -0.2) is 91.5 Å². The molecule has 9 nitrogen and oxygen atoms in total. The summed E-state index contributed by atoms with van der Waals surface area (Å²) in [6, 6.07) is 6.37. The second-order valence-electron chi connectivity index (χ2n) is 10.0. The topological polar surface area (TPSA) is 78.9 Å². The summed E-state index contributed by atoms with van der Waals surface area (Å²) in [5.74, 6) is 1.86. The van der Waals surface area contributed by atoms with Gasteiger partial charge in [-0.2, -0.15) is 0 Å². The molecule has 2 fully saturated rings. The Bertz CT molecular complexity index is 1210. The lowest BCUT2D eigenvalue weighted by atomic mass is 10.0. The van der Waals surface area contributed by atoms with Crippen molar-refractivity contribution in [3.8, 4) is 5.75 Å². The fraction of sp³-hybridized carbons (Fsp3) is 0.519. The zero-order valence-corrected chi connectivity index (χ0v) is 21.2. The molecular weight excluding hydrogens is 454 g/mol. The first-order valence-electron chi connectivity index (χ1n) is 13.0. The number of pyridine rings is 1. The van der Waals surface area contributed by atoms with Crippen molar-refractivity contribution in [2.75, 3.05) is 69.3 Å². The van der Waals surface area contributed by atoms with Crippen LogP contribution in [0.3, 0.4) is 0 Å². The van der Waals surface area contributed by atoms with E-state index in [0.717, 1.165) is 93.6 Å². The quantitative estimate of drug-likeness (QED) is 0.580. The normalized spacial score (nSPS) is 23.1. The van der Waals surface area contributed by atoms with Gasteiger partial charge in [0.05, 0.1) is 25.0 Å². The first-order valence-corrected chi connectivity index (χ1v) is 13.0. The first-order chi connectivity index (χ1) is 17.7. The second kappa shape index (κ2) is 10.2. The number of hydrogen-bond acceptors (Lipinski definition) is 9. The van der Waals surface area contributed by atoms with Gasteiger partial charge in [0.2, 0.25) is 0 Å². The van der Waals surface area contributed by atoms with E-state index >= 15 is 0 Å². The maximum atomic E-state index is 6.39. The molecule has 0 amide bonds. The van der Waals surface area contributed by atoms with Gasteiger partial charge >= 0.3 is 0 Å². The molecule has 1 unspecified atom stereocenters. The zero-order valence-electron chi connectivity index (χ0n) is 21.2. The molecule has 3 aliphatic heterocycles. The van der Waals surface area contributed by atoms with Crippen LogP contribution in [0.5, 0.6) is 5.75 Å². The smallest absolute Gasteiger partial charge is 0.146 e. The predicted molar refractivity (Wildman–Crippen MR) is 141 cm³/mol. The van der Waals surface area contributed by atoms with Crippen LogP contribution in [0, 0.1) is 0 Å². The van der Waals surface area contributed by atoms with Crippen LogP contribution < -0.4 is 19.9 Å². The number of nitrogens with zero attached hydrogens (tertiary/aromatic N) is 6. The van der Waals surface area contributed by atoms with Crippen LogP contribution in [0.1, 0.15) is 18.1 Å². The van der Waals surface area contributed by atoms with Crippen LogP contribution in [0.25, 0.3) is 11.0 Å². The maximum Gasteiger partial charge on any atom is 0.146 e. The summed E-state index contributed by atoms with van der Waals surface area (Å²) in [5.41, 5.74) is 5.56. The van der Waals surface area contributed by atoms with Crippen LogP contribution in [-0.2, 0) is 17.7 Å². The van der Waals surface area contributed by atoms with E-state index in [1.807, 2.05) is 6.07 Å². The SMILES string of the molecule is COc1ccc(N2CC(CN3CCN(c4cc5c(cn4)CCNC5)CC3)O[C@H](C)C2)c2nccnc12. The van der Waals surface area contributed by atoms with E-state index in [1.165, 1.54) is 11.1 Å². The molecular formula is C27H35N7O2. The summed E-state index contributed by atoms with van der Waals surface area (Å²) < 4.78 is 11.9. The molecule has 190 valence electrons. The summed E-state index contributed by atoms with van der Waals surface area (Å²) in [7, 11) is 1.68. The highest BCUT2D eigenvalue weighted by atomic mass is 16.5. The third-order valence-electron chi connectivity index (χ3n) is 7.57. The van der Waals surface area contributed by atoms with E-state index in [4.69, 9.17) is 14.5 Å². The lowest BCUT2D eigenvalue weighted by Gasteiger charge is -2.42. The Balaban J connectivity index is 1.10. The van der Waals surface area contributed by atoms with Crippen LogP contribution >= 0.6 is 0 Å². The molecule has 2 saturated heterocycles. The summed E-state index contributed by atoms with van der Waals surface area (Å²) in [5, 5.41) is 3.47. The number of fused-ring (bicyclic) bond motifs is 2. The van der Waals surface area contributed by atoms with Gasteiger partial charge in [0, 0.05) is 70.9 Å². The number of hydrogen-bond donors (Lipinski definition) is 1. The first kappa shape index (κ1) is 23.4. The van der Waals surface area contributed by atoms with Crippen molar-refractivity contribution in [2.24, 2.45) is 0 Å². The number of nitrogens with one attached hydrogen (secondary N) is 1. The largest absolute Gasteiger partial charge is 0.494 e. The molecule has 3 aromatic rings. The average Bonchev–Trinajstić information content (AvgIpc) is 2.92. The highest BCUT2D eigenvalue weighted by molar-refractivity contribution is 5.92. The molecule has 6 rings (SSSR count). The van der Waals surface area contributed by atoms with Gasteiger partial charge in [-0.05, 0) is 49.2 Å². The van der Waals surface area contributed by atoms with Gasteiger partial charge in [-0.1, -0.05) is 0 Å². The van der Waals surface area contributed by atoms with Gasteiger partial charge in [-0.15, -0.1) is 0 Å². The molecule has 2 atom stereocenters. The zero-order chi connectivity index (χ0) is 24.5.